The highest BCUT2D eigenvalue weighted by Gasteiger charge is 2.16. The smallest absolute Gasteiger partial charge is 0.306 e. The number of carbonyl (C=O) groups is 2. The number of hydrogen-bond acceptors (Lipinski definition) is 5. The van der Waals surface area contributed by atoms with Crippen molar-refractivity contribution in [3.63, 3.8) is 0 Å². The lowest BCUT2D eigenvalue weighted by atomic mass is 10.1. The maximum Gasteiger partial charge on any atom is 0.306 e. The molecule has 0 unspecified atom stereocenters. The summed E-state index contributed by atoms with van der Waals surface area (Å²) in [6, 6.07) is 0. The van der Waals surface area contributed by atoms with Gasteiger partial charge in [-0.05, 0) is 57.8 Å². The Kier molecular flexibility index (Phi) is 30.6. The van der Waals surface area contributed by atoms with Gasteiger partial charge in [0.25, 0.3) is 0 Å². The van der Waals surface area contributed by atoms with Crippen LogP contribution in [0.4, 0.5) is 0 Å². The van der Waals surface area contributed by atoms with Gasteiger partial charge in [-0.1, -0.05) is 122 Å². The molecule has 40 heavy (non-hydrogen) atoms. The number of rotatable bonds is 30. The molecule has 0 amide bonds. The molecular formula is C35H64O5. The van der Waals surface area contributed by atoms with Gasteiger partial charge >= 0.3 is 11.9 Å². The van der Waals surface area contributed by atoms with Crippen LogP contribution in [0, 0.1) is 0 Å². The fourth-order valence-corrected chi connectivity index (χ4v) is 4.59. The molecule has 0 spiro atoms. The first-order valence-electron chi connectivity index (χ1n) is 16.9. The fourth-order valence-electron chi connectivity index (χ4n) is 4.59. The molecule has 5 heteroatoms. The Balaban J connectivity index is 3.60. The molecule has 0 bridgehead atoms. The lowest BCUT2D eigenvalue weighted by Gasteiger charge is -2.15. The van der Waals surface area contributed by atoms with E-state index in [9.17, 15) is 14.7 Å². The van der Waals surface area contributed by atoms with Crippen LogP contribution in [0.2, 0.25) is 0 Å². The zero-order valence-electron chi connectivity index (χ0n) is 26.4. The van der Waals surface area contributed by atoms with Crippen molar-refractivity contribution in [1.29, 1.82) is 0 Å². The molecule has 1 N–H and O–H groups in total. The molecule has 0 saturated carbocycles. The van der Waals surface area contributed by atoms with E-state index in [0.29, 0.717) is 12.8 Å². The molecule has 0 aliphatic rings. The minimum absolute atomic E-state index is 0.0716. The van der Waals surface area contributed by atoms with Gasteiger partial charge in [0.2, 0.25) is 0 Å². The third kappa shape index (κ3) is 29.4. The summed E-state index contributed by atoms with van der Waals surface area (Å²) in [4.78, 5) is 24.1. The highest BCUT2D eigenvalue weighted by atomic mass is 16.6. The molecule has 0 fully saturated rings. The molecule has 0 saturated heterocycles. The normalized spacial score (nSPS) is 12.4. The maximum atomic E-state index is 12.1. The number of ether oxygens (including phenoxy) is 2. The van der Waals surface area contributed by atoms with Gasteiger partial charge in [0.05, 0.1) is 6.61 Å². The van der Waals surface area contributed by atoms with Crippen LogP contribution in [0.5, 0.6) is 0 Å². The Labute approximate surface area is 247 Å². The third-order valence-electron chi connectivity index (χ3n) is 7.22. The van der Waals surface area contributed by atoms with Crippen LogP contribution in [0.15, 0.2) is 24.3 Å². The first-order valence-corrected chi connectivity index (χ1v) is 16.9. The van der Waals surface area contributed by atoms with E-state index in [2.05, 4.69) is 38.2 Å². The van der Waals surface area contributed by atoms with Gasteiger partial charge in [-0.2, -0.15) is 0 Å². The van der Waals surface area contributed by atoms with Gasteiger partial charge in [-0.3, -0.25) is 9.59 Å². The Hall–Kier alpha value is -1.62. The van der Waals surface area contributed by atoms with Gasteiger partial charge in [-0.25, -0.2) is 0 Å². The van der Waals surface area contributed by atoms with Crippen molar-refractivity contribution in [2.45, 2.75) is 174 Å². The van der Waals surface area contributed by atoms with Gasteiger partial charge in [0.15, 0.2) is 6.10 Å². The highest BCUT2D eigenvalue weighted by molar-refractivity contribution is 5.70. The first kappa shape index (κ1) is 38.4. The van der Waals surface area contributed by atoms with Gasteiger partial charge < -0.3 is 14.6 Å². The summed E-state index contributed by atoms with van der Waals surface area (Å²) in [6.45, 7) is 4.06. The van der Waals surface area contributed by atoms with E-state index in [1.807, 2.05) is 0 Å². The number of hydrogen-bond donors (Lipinski definition) is 1. The average molecular weight is 565 g/mol. The summed E-state index contributed by atoms with van der Waals surface area (Å²) in [5, 5.41) is 9.49. The summed E-state index contributed by atoms with van der Waals surface area (Å²) < 4.78 is 10.5. The molecule has 0 aliphatic heterocycles. The zero-order chi connectivity index (χ0) is 29.4. The van der Waals surface area contributed by atoms with E-state index in [0.717, 1.165) is 51.4 Å². The monoisotopic (exact) mass is 564 g/mol. The van der Waals surface area contributed by atoms with E-state index in [4.69, 9.17) is 9.47 Å². The van der Waals surface area contributed by atoms with E-state index in [-0.39, 0.29) is 25.2 Å². The Morgan fingerprint density at radius 2 is 0.950 bits per heavy atom. The van der Waals surface area contributed by atoms with Crippen molar-refractivity contribution in [2.24, 2.45) is 0 Å². The summed E-state index contributed by atoms with van der Waals surface area (Å²) in [7, 11) is 0. The van der Waals surface area contributed by atoms with Crippen molar-refractivity contribution in [2.75, 3.05) is 13.2 Å². The number of allylic oxidation sites excluding steroid dienone is 4. The minimum atomic E-state index is -0.773. The topological polar surface area (TPSA) is 72.8 Å². The Bertz CT molecular complexity index is 613. The van der Waals surface area contributed by atoms with Crippen molar-refractivity contribution in [3.05, 3.63) is 24.3 Å². The standard InChI is InChI=1S/C35H64O5/c1-3-5-7-9-11-13-15-16-17-18-20-22-24-26-28-30-35(38)40-33(31-36)32-39-34(37)29-27-25-23-21-19-14-12-10-8-6-4-2/h10,12,16-17,33,36H,3-9,11,13-15,18-32H2,1-2H3/b12-10+,17-16+/t33-/m0/s1. The van der Waals surface area contributed by atoms with Gasteiger partial charge in [0.1, 0.15) is 6.61 Å². The van der Waals surface area contributed by atoms with E-state index in [1.54, 1.807) is 0 Å². The number of aliphatic hydroxyl groups excluding tert-OH is 1. The second-order valence-electron chi connectivity index (χ2n) is 11.2. The number of esters is 2. The second kappa shape index (κ2) is 31.9. The Morgan fingerprint density at radius 1 is 0.550 bits per heavy atom. The predicted molar refractivity (Wildman–Crippen MR) is 168 cm³/mol. The lowest BCUT2D eigenvalue weighted by Crippen LogP contribution is -2.28. The average Bonchev–Trinajstić information content (AvgIpc) is 2.96. The van der Waals surface area contributed by atoms with Crippen LogP contribution in [-0.2, 0) is 19.1 Å². The molecule has 0 heterocycles. The van der Waals surface area contributed by atoms with Crippen LogP contribution < -0.4 is 0 Å². The largest absolute Gasteiger partial charge is 0.462 e. The molecule has 0 aromatic carbocycles. The number of unbranched alkanes of at least 4 members (excludes halogenated alkanes) is 18. The van der Waals surface area contributed by atoms with Crippen LogP contribution in [0.1, 0.15) is 168 Å². The van der Waals surface area contributed by atoms with Crippen LogP contribution in [0.3, 0.4) is 0 Å². The quantitative estimate of drug-likeness (QED) is 0.0534. The van der Waals surface area contributed by atoms with Gasteiger partial charge in [-0.15, -0.1) is 0 Å². The molecule has 0 radical (unpaired) electrons. The fraction of sp³-hybridized carbons (Fsp3) is 0.829. The number of aliphatic hydroxyl groups is 1. The van der Waals surface area contributed by atoms with Crippen LogP contribution in [0.25, 0.3) is 0 Å². The SMILES string of the molecule is CCCC/C=C/CCCCCCCC(=O)OC[C@H](CO)OC(=O)CCCCCCC/C=C/CCCCCCCC. The van der Waals surface area contributed by atoms with Gasteiger partial charge in [0, 0.05) is 12.8 Å². The first-order chi connectivity index (χ1) is 19.6. The highest BCUT2D eigenvalue weighted by Crippen LogP contribution is 2.12. The van der Waals surface area contributed by atoms with E-state index < -0.39 is 6.10 Å². The molecule has 0 rings (SSSR count). The van der Waals surface area contributed by atoms with Crippen molar-refractivity contribution >= 4 is 11.9 Å². The van der Waals surface area contributed by atoms with Crippen LogP contribution in [-0.4, -0.2) is 36.4 Å². The van der Waals surface area contributed by atoms with Crippen LogP contribution >= 0.6 is 0 Å². The molecule has 1 atom stereocenters. The lowest BCUT2D eigenvalue weighted by molar-refractivity contribution is -0.161. The van der Waals surface area contributed by atoms with Crippen molar-refractivity contribution in [3.8, 4) is 0 Å². The third-order valence-corrected chi connectivity index (χ3v) is 7.22. The van der Waals surface area contributed by atoms with E-state index in [1.165, 1.54) is 89.9 Å². The molecule has 234 valence electrons. The second-order valence-corrected chi connectivity index (χ2v) is 11.2. The predicted octanol–water partition coefficient (Wildman–Crippen LogP) is 9.95. The molecule has 0 aromatic rings. The molecule has 5 nitrogen and oxygen atoms in total. The minimum Gasteiger partial charge on any atom is -0.462 e. The summed E-state index contributed by atoms with van der Waals surface area (Å²) in [5.41, 5.74) is 0. The van der Waals surface area contributed by atoms with Crippen molar-refractivity contribution in [1.82, 2.24) is 0 Å². The zero-order valence-corrected chi connectivity index (χ0v) is 26.4. The summed E-state index contributed by atoms with van der Waals surface area (Å²) >= 11 is 0. The maximum absolute atomic E-state index is 12.1. The van der Waals surface area contributed by atoms with E-state index >= 15 is 0 Å². The Morgan fingerprint density at radius 3 is 1.43 bits per heavy atom. The number of carbonyl (C=O) groups excluding carboxylic acids is 2. The summed E-state index contributed by atoms with van der Waals surface area (Å²) in [5.74, 6) is -0.612. The summed E-state index contributed by atoms with van der Waals surface area (Å²) in [6.07, 6.45) is 35.1. The molecular weight excluding hydrogens is 500 g/mol. The molecule has 0 aliphatic carbocycles. The van der Waals surface area contributed by atoms with Crippen molar-refractivity contribution < 1.29 is 24.2 Å². The molecule has 0 aromatic heterocycles.